The molecule has 5 heteroatoms. The zero-order valence-corrected chi connectivity index (χ0v) is 11.5. The number of hydrogen-bond acceptors (Lipinski definition) is 3. The number of nitrogens with one attached hydrogen (secondary N) is 1. The van der Waals surface area contributed by atoms with Crippen LogP contribution in [-0.2, 0) is 13.0 Å². The third-order valence-corrected chi connectivity index (χ3v) is 3.93. The second-order valence-electron chi connectivity index (χ2n) is 5.36. The van der Waals surface area contributed by atoms with Crippen LogP contribution in [0.15, 0.2) is 47.0 Å². The Morgan fingerprint density at radius 3 is 3.14 bits per heavy atom. The van der Waals surface area contributed by atoms with Gasteiger partial charge in [0.05, 0.1) is 0 Å². The van der Waals surface area contributed by atoms with Crippen LogP contribution in [0.4, 0.5) is 0 Å². The summed E-state index contributed by atoms with van der Waals surface area (Å²) in [7, 11) is 0. The first-order chi connectivity index (χ1) is 10.3. The Kier molecular flexibility index (Phi) is 2.77. The van der Waals surface area contributed by atoms with Gasteiger partial charge in [0.1, 0.15) is 5.58 Å². The molecule has 1 atom stereocenters. The number of fused-ring (bicyclic) bond motifs is 2. The number of nitrogens with zero attached hydrogens (tertiary/aromatic N) is 2. The van der Waals surface area contributed by atoms with E-state index in [2.05, 4.69) is 10.4 Å². The van der Waals surface area contributed by atoms with Crippen LogP contribution < -0.4 is 5.32 Å². The monoisotopic (exact) mass is 281 g/mol. The Morgan fingerprint density at radius 1 is 1.33 bits per heavy atom. The van der Waals surface area contributed by atoms with E-state index in [1.807, 2.05) is 35.0 Å². The number of aryl methyl sites for hydroxylation is 1. The summed E-state index contributed by atoms with van der Waals surface area (Å²) >= 11 is 0. The number of para-hydroxylation sites is 1. The number of aromatic nitrogens is 2. The van der Waals surface area contributed by atoms with E-state index >= 15 is 0 Å². The molecule has 0 saturated carbocycles. The van der Waals surface area contributed by atoms with E-state index in [0.717, 1.165) is 36.0 Å². The van der Waals surface area contributed by atoms with E-state index in [1.54, 1.807) is 12.3 Å². The van der Waals surface area contributed by atoms with Crippen molar-refractivity contribution in [2.24, 2.45) is 0 Å². The van der Waals surface area contributed by atoms with Crippen molar-refractivity contribution in [3.05, 3.63) is 54.0 Å². The van der Waals surface area contributed by atoms with E-state index in [4.69, 9.17) is 4.42 Å². The summed E-state index contributed by atoms with van der Waals surface area (Å²) in [6.07, 6.45) is 3.51. The smallest absolute Gasteiger partial charge is 0.287 e. The Labute approximate surface area is 121 Å². The van der Waals surface area contributed by atoms with E-state index in [1.165, 1.54) is 0 Å². The molecular formula is C16H15N3O2. The molecule has 3 aromatic rings. The van der Waals surface area contributed by atoms with E-state index in [-0.39, 0.29) is 11.9 Å². The first-order valence-corrected chi connectivity index (χ1v) is 7.10. The average Bonchev–Trinajstić information content (AvgIpc) is 3.13. The first kappa shape index (κ1) is 12.2. The van der Waals surface area contributed by atoms with Crippen LogP contribution in [0.25, 0.3) is 11.0 Å². The molecule has 1 N–H and O–H groups in total. The van der Waals surface area contributed by atoms with E-state index in [0.29, 0.717) is 5.76 Å². The minimum Gasteiger partial charge on any atom is -0.451 e. The lowest BCUT2D eigenvalue weighted by molar-refractivity contribution is 0.0904. The predicted octanol–water partition coefficient (Wildman–Crippen LogP) is 2.37. The summed E-state index contributed by atoms with van der Waals surface area (Å²) in [5.41, 5.74) is 1.90. The van der Waals surface area contributed by atoms with Gasteiger partial charge in [-0.15, -0.1) is 0 Å². The van der Waals surface area contributed by atoms with Crippen LogP contribution in [0.3, 0.4) is 0 Å². The molecule has 3 heterocycles. The summed E-state index contributed by atoms with van der Waals surface area (Å²) in [5.74, 6) is 0.222. The van der Waals surface area contributed by atoms with Crippen molar-refractivity contribution in [2.45, 2.75) is 25.4 Å². The van der Waals surface area contributed by atoms with Gasteiger partial charge < -0.3 is 9.73 Å². The number of carbonyl (C=O) groups excluding carboxylic acids is 1. The summed E-state index contributed by atoms with van der Waals surface area (Å²) in [6, 6.07) is 11.6. The molecule has 1 aliphatic rings. The maximum Gasteiger partial charge on any atom is 0.287 e. The fourth-order valence-electron chi connectivity index (χ4n) is 2.84. The van der Waals surface area contributed by atoms with Crippen LogP contribution in [-0.4, -0.2) is 21.7 Å². The van der Waals surface area contributed by atoms with Gasteiger partial charge in [-0.3, -0.25) is 9.48 Å². The molecular weight excluding hydrogens is 266 g/mol. The number of furan rings is 1. The molecule has 0 bridgehead atoms. The highest BCUT2D eigenvalue weighted by Gasteiger charge is 2.22. The Hall–Kier alpha value is -2.56. The van der Waals surface area contributed by atoms with Crippen molar-refractivity contribution in [3.8, 4) is 0 Å². The molecule has 0 radical (unpaired) electrons. The van der Waals surface area contributed by atoms with Gasteiger partial charge in [-0.05, 0) is 24.6 Å². The van der Waals surface area contributed by atoms with Crippen molar-refractivity contribution in [1.82, 2.24) is 15.1 Å². The normalized spacial score (nSPS) is 17.6. The summed E-state index contributed by atoms with van der Waals surface area (Å²) in [4.78, 5) is 12.3. The quantitative estimate of drug-likeness (QED) is 0.784. The van der Waals surface area contributed by atoms with Crippen molar-refractivity contribution in [1.29, 1.82) is 0 Å². The maximum absolute atomic E-state index is 12.3. The summed E-state index contributed by atoms with van der Waals surface area (Å²) in [6.45, 7) is 0.841. The zero-order chi connectivity index (χ0) is 14.2. The molecule has 1 amide bonds. The molecule has 1 aliphatic heterocycles. The van der Waals surface area contributed by atoms with Gasteiger partial charge in [-0.25, -0.2) is 0 Å². The third kappa shape index (κ3) is 2.20. The van der Waals surface area contributed by atoms with Gasteiger partial charge >= 0.3 is 0 Å². The van der Waals surface area contributed by atoms with Crippen molar-refractivity contribution < 1.29 is 9.21 Å². The van der Waals surface area contributed by atoms with Gasteiger partial charge in [-0.1, -0.05) is 18.2 Å². The topological polar surface area (TPSA) is 60.1 Å². The minimum atomic E-state index is -0.149. The molecule has 2 aromatic heterocycles. The number of amides is 1. The second kappa shape index (κ2) is 4.77. The highest BCUT2D eigenvalue weighted by Crippen LogP contribution is 2.20. The molecule has 1 aromatic carbocycles. The van der Waals surface area contributed by atoms with Crippen molar-refractivity contribution in [2.75, 3.05) is 0 Å². The molecule has 106 valence electrons. The lowest BCUT2D eigenvalue weighted by Crippen LogP contribution is -2.40. The van der Waals surface area contributed by atoms with Gasteiger partial charge in [0.2, 0.25) is 0 Å². The maximum atomic E-state index is 12.3. The predicted molar refractivity (Wildman–Crippen MR) is 78.0 cm³/mol. The fourth-order valence-corrected chi connectivity index (χ4v) is 2.84. The molecule has 0 spiro atoms. The Morgan fingerprint density at radius 2 is 2.24 bits per heavy atom. The number of carbonyl (C=O) groups is 1. The average molecular weight is 281 g/mol. The fraction of sp³-hybridized carbons (Fsp3) is 0.250. The van der Waals surface area contributed by atoms with E-state index < -0.39 is 0 Å². The Balaban J connectivity index is 1.51. The highest BCUT2D eigenvalue weighted by molar-refractivity contribution is 5.96. The third-order valence-electron chi connectivity index (χ3n) is 3.93. The van der Waals surface area contributed by atoms with E-state index in [9.17, 15) is 4.79 Å². The minimum absolute atomic E-state index is 0.134. The molecule has 5 nitrogen and oxygen atoms in total. The Bertz CT molecular complexity index is 770. The summed E-state index contributed by atoms with van der Waals surface area (Å²) in [5, 5.41) is 8.24. The van der Waals surface area contributed by atoms with Crippen LogP contribution in [0, 0.1) is 0 Å². The largest absolute Gasteiger partial charge is 0.451 e. The molecule has 0 saturated heterocycles. The van der Waals surface area contributed by atoms with Crippen LogP contribution in [0.5, 0.6) is 0 Å². The lowest BCUT2D eigenvalue weighted by atomic mass is 10.0. The van der Waals surface area contributed by atoms with Gasteiger partial charge in [0.25, 0.3) is 5.91 Å². The second-order valence-corrected chi connectivity index (χ2v) is 5.36. The van der Waals surface area contributed by atoms with Gasteiger partial charge in [0, 0.05) is 36.3 Å². The van der Waals surface area contributed by atoms with Crippen LogP contribution >= 0.6 is 0 Å². The highest BCUT2D eigenvalue weighted by atomic mass is 16.3. The van der Waals surface area contributed by atoms with Gasteiger partial charge in [-0.2, -0.15) is 5.10 Å². The lowest BCUT2D eigenvalue weighted by Gasteiger charge is -2.23. The first-order valence-electron chi connectivity index (χ1n) is 7.10. The number of benzene rings is 1. The molecule has 0 aliphatic carbocycles. The number of rotatable bonds is 2. The van der Waals surface area contributed by atoms with Crippen LogP contribution in [0.2, 0.25) is 0 Å². The van der Waals surface area contributed by atoms with Gasteiger partial charge in [0.15, 0.2) is 5.76 Å². The van der Waals surface area contributed by atoms with Crippen molar-refractivity contribution in [3.63, 3.8) is 0 Å². The SMILES string of the molecule is O=C(NC1CCn2nccc2C1)c1cc2ccccc2o1. The molecule has 1 unspecified atom stereocenters. The summed E-state index contributed by atoms with van der Waals surface area (Å²) < 4.78 is 7.59. The molecule has 4 rings (SSSR count). The zero-order valence-electron chi connectivity index (χ0n) is 11.5. The standard InChI is InChI=1S/C16H15N3O2/c20-16(15-9-11-3-1-2-4-14(11)21-15)18-12-6-8-19-13(10-12)5-7-17-19/h1-5,7,9,12H,6,8,10H2,(H,18,20). The van der Waals surface area contributed by atoms with Crippen LogP contribution in [0.1, 0.15) is 22.7 Å². The molecule has 21 heavy (non-hydrogen) atoms. The molecule has 0 fully saturated rings. The number of hydrogen-bond donors (Lipinski definition) is 1. The van der Waals surface area contributed by atoms with Crippen molar-refractivity contribution >= 4 is 16.9 Å².